The lowest BCUT2D eigenvalue weighted by molar-refractivity contribution is -0.115. The third-order valence-corrected chi connectivity index (χ3v) is 5.92. The van der Waals surface area contributed by atoms with E-state index in [-0.39, 0.29) is 18.3 Å². The number of nitrogens with zero attached hydrogens (tertiary/aromatic N) is 1. The highest BCUT2D eigenvalue weighted by molar-refractivity contribution is 7.12. The average molecular weight is 426 g/mol. The molecule has 0 saturated carbocycles. The Morgan fingerprint density at radius 3 is 2.47 bits per heavy atom. The van der Waals surface area contributed by atoms with Gasteiger partial charge in [0.15, 0.2) is 0 Å². The molecule has 2 N–H and O–H groups in total. The van der Waals surface area contributed by atoms with Crippen LogP contribution in [0.3, 0.4) is 0 Å². The number of aromatic nitrogens is 2. The predicted molar refractivity (Wildman–Crippen MR) is 120 cm³/mol. The van der Waals surface area contributed by atoms with E-state index in [1.165, 1.54) is 16.9 Å². The van der Waals surface area contributed by atoms with Crippen LogP contribution in [0, 0.1) is 20.8 Å². The average Bonchev–Trinajstić information content (AvgIpc) is 3.20. The van der Waals surface area contributed by atoms with Crippen molar-refractivity contribution in [2.75, 3.05) is 11.9 Å². The summed E-state index contributed by atoms with van der Waals surface area (Å²) in [6.45, 7) is 9.92. The Morgan fingerprint density at radius 1 is 1.13 bits per heavy atom. The largest absolute Gasteiger partial charge is 0.462 e. The molecule has 0 aliphatic heterocycles. The second kappa shape index (κ2) is 9.26. The molecule has 0 spiro atoms. The van der Waals surface area contributed by atoms with Crippen LogP contribution in [0.1, 0.15) is 50.9 Å². The standard InChI is InChI=1S/C23H27N3O3S/c1-6-16-8-10-17(11-9-16)25-18(27)12-19-26-22(15(5)30-19)21-13(3)20(14(4)24-21)23(28)29-7-2/h8-11,24H,6-7,12H2,1-5H3,(H,25,27). The van der Waals surface area contributed by atoms with Crippen LogP contribution in [0.4, 0.5) is 5.69 Å². The molecular weight excluding hydrogens is 398 g/mol. The van der Waals surface area contributed by atoms with Crippen LogP contribution in [-0.4, -0.2) is 28.5 Å². The molecule has 3 rings (SSSR count). The topological polar surface area (TPSA) is 84.1 Å². The molecule has 0 fully saturated rings. The monoisotopic (exact) mass is 425 g/mol. The number of amides is 1. The summed E-state index contributed by atoms with van der Waals surface area (Å²) in [7, 11) is 0. The normalized spacial score (nSPS) is 10.8. The molecule has 0 aliphatic rings. The number of nitrogens with one attached hydrogen (secondary N) is 2. The van der Waals surface area contributed by atoms with Crippen molar-refractivity contribution >= 4 is 28.9 Å². The van der Waals surface area contributed by atoms with Gasteiger partial charge in [-0.25, -0.2) is 9.78 Å². The van der Waals surface area contributed by atoms with Crippen molar-refractivity contribution in [2.24, 2.45) is 0 Å². The van der Waals surface area contributed by atoms with Crippen LogP contribution in [0.2, 0.25) is 0 Å². The van der Waals surface area contributed by atoms with Crippen LogP contribution in [0.15, 0.2) is 24.3 Å². The highest BCUT2D eigenvalue weighted by Gasteiger charge is 2.23. The van der Waals surface area contributed by atoms with E-state index in [0.29, 0.717) is 12.2 Å². The first kappa shape index (κ1) is 21.8. The van der Waals surface area contributed by atoms with E-state index < -0.39 is 0 Å². The lowest BCUT2D eigenvalue weighted by atomic mass is 10.1. The fourth-order valence-electron chi connectivity index (χ4n) is 3.42. The summed E-state index contributed by atoms with van der Waals surface area (Å²) in [5.74, 6) is -0.442. The number of aryl methyl sites for hydroxylation is 3. The van der Waals surface area contributed by atoms with E-state index in [1.54, 1.807) is 6.92 Å². The molecule has 0 atom stereocenters. The highest BCUT2D eigenvalue weighted by atomic mass is 32.1. The molecule has 0 saturated heterocycles. The molecule has 0 aliphatic carbocycles. The van der Waals surface area contributed by atoms with Gasteiger partial charge in [0.2, 0.25) is 5.91 Å². The summed E-state index contributed by atoms with van der Waals surface area (Å²) >= 11 is 1.49. The SMILES string of the molecule is CCOC(=O)c1c(C)[nH]c(-c2nc(CC(=O)Nc3ccc(CC)cc3)sc2C)c1C. The van der Waals surface area contributed by atoms with E-state index in [1.807, 2.05) is 45.0 Å². The minimum absolute atomic E-state index is 0.105. The summed E-state index contributed by atoms with van der Waals surface area (Å²) in [5.41, 5.74) is 5.69. The van der Waals surface area contributed by atoms with Crippen molar-refractivity contribution in [3.8, 4) is 11.4 Å². The Balaban J connectivity index is 1.77. The van der Waals surface area contributed by atoms with Crippen LogP contribution in [-0.2, 0) is 22.4 Å². The number of ether oxygens (including phenoxy) is 1. The lowest BCUT2D eigenvalue weighted by Crippen LogP contribution is -2.14. The Bertz CT molecular complexity index is 1060. The molecule has 30 heavy (non-hydrogen) atoms. The van der Waals surface area contributed by atoms with Crippen molar-refractivity contribution in [3.05, 3.63) is 56.5 Å². The number of H-pyrrole nitrogens is 1. The molecule has 158 valence electrons. The molecule has 6 nitrogen and oxygen atoms in total. The van der Waals surface area contributed by atoms with Crippen LogP contribution >= 0.6 is 11.3 Å². The van der Waals surface area contributed by atoms with E-state index in [2.05, 4.69) is 22.2 Å². The van der Waals surface area contributed by atoms with E-state index in [0.717, 1.165) is 44.6 Å². The maximum Gasteiger partial charge on any atom is 0.340 e. The third kappa shape index (κ3) is 4.62. The second-order valence-corrected chi connectivity index (χ2v) is 8.42. The van der Waals surface area contributed by atoms with Crippen LogP contribution < -0.4 is 5.32 Å². The Morgan fingerprint density at radius 2 is 1.83 bits per heavy atom. The van der Waals surface area contributed by atoms with Gasteiger partial charge in [0.05, 0.1) is 24.3 Å². The number of thiazole rings is 1. The number of esters is 1. The second-order valence-electron chi connectivity index (χ2n) is 7.13. The molecule has 0 bridgehead atoms. The number of hydrogen-bond donors (Lipinski definition) is 2. The summed E-state index contributed by atoms with van der Waals surface area (Å²) in [6, 6.07) is 7.85. The van der Waals surface area contributed by atoms with Gasteiger partial charge in [-0.05, 0) is 57.4 Å². The van der Waals surface area contributed by atoms with Gasteiger partial charge in [-0.3, -0.25) is 4.79 Å². The van der Waals surface area contributed by atoms with Gasteiger partial charge < -0.3 is 15.0 Å². The first-order chi connectivity index (χ1) is 14.3. The zero-order valence-electron chi connectivity index (χ0n) is 18.0. The summed E-state index contributed by atoms with van der Waals surface area (Å²) in [6.07, 6.45) is 1.16. The molecule has 1 amide bonds. The third-order valence-electron chi connectivity index (χ3n) is 4.95. The van der Waals surface area contributed by atoms with Crippen molar-refractivity contribution in [1.82, 2.24) is 9.97 Å². The van der Waals surface area contributed by atoms with E-state index in [4.69, 9.17) is 4.74 Å². The Kier molecular flexibility index (Phi) is 6.72. The quantitative estimate of drug-likeness (QED) is 0.523. The first-order valence-electron chi connectivity index (χ1n) is 10.1. The number of aromatic amines is 1. The van der Waals surface area contributed by atoms with E-state index in [9.17, 15) is 9.59 Å². The van der Waals surface area contributed by atoms with Gasteiger partial charge in [-0.15, -0.1) is 11.3 Å². The van der Waals surface area contributed by atoms with Gasteiger partial charge in [0, 0.05) is 16.3 Å². The number of rotatable bonds is 7. The van der Waals surface area contributed by atoms with Gasteiger partial charge >= 0.3 is 5.97 Å². The fourth-order valence-corrected chi connectivity index (χ4v) is 4.36. The predicted octanol–water partition coefficient (Wildman–Crippen LogP) is 4.98. The molecular formula is C23H27N3O3S. The lowest BCUT2D eigenvalue weighted by Gasteiger charge is -2.05. The summed E-state index contributed by atoms with van der Waals surface area (Å²) in [5, 5.41) is 3.65. The van der Waals surface area contributed by atoms with Crippen LogP contribution in [0.5, 0.6) is 0 Å². The molecule has 2 aromatic heterocycles. The van der Waals surface area contributed by atoms with Crippen molar-refractivity contribution < 1.29 is 14.3 Å². The van der Waals surface area contributed by atoms with Gasteiger partial charge in [0.1, 0.15) is 10.7 Å². The molecule has 7 heteroatoms. The Labute approximate surface area is 180 Å². The highest BCUT2D eigenvalue weighted by Crippen LogP contribution is 2.32. The zero-order valence-corrected chi connectivity index (χ0v) is 18.8. The number of carbonyl (C=O) groups is 2. The molecule has 0 unspecified atom stereocenters. The molecule has 1 aromatic carbocycles. The minimum atomic E-state index is -0.337. The maximum absolute atomic E-state index is 12.5. The van der Waals surface area contributed by atoms with Gasteiger partial charge in [-0.1, -0.05) is 19.1 Å². The zero-order chi connectivity index (χ0) is 21.8. The van der Waals surface area contributed by atoms with Crippen molar-refractivity contribution in [1.29, 1.82) is 0 Å². The Hall–Kier alpha value is -2.93. The fraction of sp³-hybridized carbons (Fsp3) is 0.348. The first-order valence-corrected chi connectivity index (χ1v) is 10.9. The van der Waals surface area contributed by atoms with Gasteiger partial charge in [0.25, 0.3) is 0 Å². The number of benzene rings is 1. The van der Waals surface area contributed by atoms with Crippen molar-refractivity contribution in [2.45, 2.75) is 47.5 Å². The van der Waals surface area contributed by atoms with E-state index >= 15 is 0 Å². The number of hydrogen-bond acceptors (Lipinski definition) is 5. The maximum atomic E-state index is 12.5. The molecule has 2 heterocycles. The molecule has 3 aromatic rings. The minimum Gasteiger partial charge on any atom is -0.462 e. The molecule has 0 radical (unpaired) electrons. The summed E-state index contributed by atoms with van der Waals surface area (Å²) < 4.78 is 5.17. The van der Waals surface area contributed by atoms with Crippen molar-refractivity contribution in [3.63, 3.8) is 0 Å². The number of anilines is 1. The van der Waals surface area contributed by atoms with Gasteiger partial charge in [-0.2, -0.15) is 0 Å². The van der Waals surface area contributed by atoms with Crippen LogP contribution in [0.25, 0.3) is 11.4 Å². The summed E-state index contributed by atoms with van der Waals surface area (Å²) in [4.78, 5) is 33.7. The smallest absolute Gasteiger partial charge is 0.340 e. The number of carbonyl (C=O) groups excluding carboxylic acids is 2.